The first-order chi connectivity index (χ1) is 24.5. The minimum absolute atomic E-state index is 0.000724. The van der Waals surface area contributed by atoms with E-state index in [4.69, 9.17) is 28.4 Å². The lowest BCUT2D eigenvalue weighted by molar-refractivity contribution is -0.256. The van der Waals surface area contributed by atoms with Gasteiger partial charge in [-0.15, -0.1) is 0 Å². The summed E-state index contributed by atoms with van der Waals surface area (Å²) in [4.78, 5) is 44.2. The Labute approximate surface area is 293 Å². The minimum Gasteiger partial charge on any atom is -0.507 e. The van der Waals surface area contributed by atoms with E-state index in [1.54, 1.807) is 13.2 Å². The molecule has 15 heteroatoms. The van der Waals surface area contributed by atoms with Gasteiger partial charge in [0.2, 0.25) is 5.78 Å². The average molecular weight is 708 g/mol. The molecule has 1 saturated carbocycles. The quantitative estimate of drug-likeness (QED) is 0.224. The molecule has 4 heterocycles. The number of fused-ring (bicyclic) bond motifs is 7. The first-order valence-electron chi connectivity index (χ1n) is 17.5. The number of methoxy groups -OCH3 is 2. The molecule has 51 heavy (non-hydrogen) atoms. The molecule has 15 nitrogen and oxygen atoms in total. The van der Waals surface area contributed by atoms with Crippen molar-refractivity contribution in [1.29, 1.82) is 0 Å². The van der Waals surface area contributed by atoms with Crippen LogP contribution in [0.15, 0.2) is 18.2 Å². The van der Waals surface area contributed by atoms with Gasteiger partial charge in [0.05, 0.1) is 48.2 Å². The van der Waals surface area contributed by atoms with E-state index in [2.05, 4.69) is 15.5 Å². The van der Waals surface area contributed by atoms with Gasteiger partial charge in [0.1, 0.15) is 29.0 Å². The van der Waals surface area contributed by atoms with Crippen LogP contribution in [0.4, 0.5) is 0 Å². The fourth-order valence-electron chi connectivity index (χ4n) is 9.38. The normalized spacial score (nSPS) is 37.8. The number of piperidine rings is 1. The highest BCUT2D eigenvalue weighted by Crippen LogP contribution is 2.54. The minimum atomic E-state index is -2.11. The molecule has 2 unspecified atom stereocenters. The van der Waals surface area contributed by atoms with Crippen molar-refractivity contribution in [2.45, 2.75) is 86.9 Å². The molecule has 0 spiro atoms. The van der Waals surface area contributed by atoms with Gasteiger partial charge in [-0.25, -0.2) is 0 Å². The standard InChI is InChI=1S/C36H41N3O12/c1-15-31-19(39-7-8-48-33(47-3)32(39)51-31)9-22(49-15)50-21-12-36(45,34(44)38-35-10-16(35)13-37-14-35)11-18-24(21)30(43)26-25(28(18)41)27(40)17-5-4-6-20(46-2)23(17)29(26)42/h4-6,15-16,19,21-22,31-33,37,41,43,45H,7-14H2,1-3H3,(H,38,44)/t15-,16?,19-,21-,22-,31+,32+,33-,35?,36-/m0/s1. The molecule has 3 aliphatic carbocycles. The SMILES string of the molecule is COc1cccc2c1C(=O)c1c(O)c3c(c(O)c1C2=O)C[C@@](O)(C(=O)NC12CNCC1C2)C[C@@H]3O[C@H]1C[C@H]2[C@H](O[C@@H]3[C@@H](OC)OCCN32)[C@H](C)O1. The van der Waals surface area contributed by atoms with Crippen molar-refractivity contribution in [3.63, 3.8) is 0 Å². The van der Waals surface area contributed by atoms with Crippen molar-refractivity contribution < 1.29 is 58.1 Å². The number of morpholine rings is 1. The third kappa shape index (κ3) is 4.83. The summed E-state index contributed by atoms with van der Waals surface area (Å²) in [6.45, 7) is 4.23. The predicted octanol–water partition coefficient (Wildman–Crippen LogP) is 0.628. The Morgan fingerprint density at radius 3 is 2.61 bits per heavy atom. The van der Waals surface area contributed by atoms with Gasteiger partial charge in [-0.1, -0.05) is 12.1 Å². The second-order valence-electron chi connectivity index (χ2n) is 14.8. The van der Waals surface area contributed by atoms with Crippen LogP contribution < -0.4 is 15.4 Å². The number of ketones is 2. The van der Waals surface area contributed by atoms with Crippen LogP contribution in [0.2, 0.25) is 0 Å². The molecule has 4 aliphatic heterocycles. The Kier molecular flexibility index (Phi) is 7.59. The first-order valence-corrected chi connectivity index (χ1v) is 17.5. The van der Waals surface area contributed by atoms with Crippen molar-refractivity contribution in [3.05, 3.63) is 51.6 Å². The van der Waals surface area contributed by atoms with Gasteiger partial charge < -0.3 is 54.4 Å². The predicted molar refractivity (Wildman–Crippen MR) is 173 cm³/mol. The summed E-state index contributed by atoms with van der Waals surface area (Å²) in [5.74, 6) is -2.84. The third-order valence-corrected chi connectivity index (χ3v) is 12.0. The van der Waals surface area contributed by atoms with Crippen molar-refractivity contribution in [1.82, 2.24) is 15.5 Å². The van der Waals surface area contributed by atoms with Crippen molar-refractivity contribution in [2.75, 3.05) is 40.5 Å². The maximum atomic E-state index is 14.1. The molecule has 5 N–H and O–H groups in total. The van der Waals surface area contributed by atoms with Gasteiger partial charge in [0, 0.05) is 68.7 Å². The maximum Gasteiger partial charge on any atom is 0.252 e. The van der Waals surface area contributed by atoms with Gasteiger partial charge in [-0.05, 0) is 25.3 Å². The van der Waals surface area contributed by atoms with Crippen LogP contribution in [-0.4, -0.2) is 126 Å². The monoisotopic (exact) mass is 707 g/mol. The zero-order valence-corrected chi connectivity index (χ0v) is 28.5. The molecule has 4 saturated heterocycles. The number of aliphatic hydroxyl groups is 1. The van der Waals surface area contributed by atoms with E-state index in [-0.39, 0.29) is 52.5 Å². The maximum absolute atomic E-state index is 14.1. The highest BCUT2D eigenvalue weighted by atomic mass is 16.7. The summed E-state index contributed by atoms with van der Waals surface area (Å²) in [7, 11) is 2.93. The number of nitrogens with one attached hydrogen (secondary N) is 2. The van der Waals surface area contributed by atoms with E-state index in [0.29, 0.717) is 26.1 Å². The molecule has 5 fully saturated rings. The number of phenolic OH excluding ortho intramolecular Hbond substituents is 2. The highest BCUT2D eigenvalue weighted by molar-refractivity contribution is 6.31. The van der Waals surface area contributed by atoms with E-state index in [0.717, 1.165) is 13.0 Å². The second-order valence-corrected chi connectivity index (χ2v) is 14.8. The van der Waals surface area contributed by atoms with Crippen LogP contribution >= 0.6 is 0 Å². The number of nitrogens with zero attached hydrogens (tertiary/aromatic N) is 1. The average Bonchev–Trinajstić information content (AvgIpc) is 3.42. The smallest absolute Gasteiger partial charge is 0.252 e. The Bertz CT molecular complexity index is 1850. The number of hydrogen-bond donors (Lipinski definition) is 5. The Hall–Kier alpha value is -3.67. The van der Waals surface area contributed by atoms with Crippen LogP contribution in [0.5, 0.6) is 17.2 Å². The topological polar surface area (TPSA) is 195 Å². The first kappa shape index (κ1) is 33.2. The molecule has 2 aromatic carbocycles. The Balaban J connectivity index is 1.11. The largest absolute Gasteiger partial charge is 0.507 e. The number of hydrogen-bond acceptors (Lipinski definition) is 14. The summed E-state index contributed by atoms with van der Waals surface area (Å²) in [5, 5.41) is 42.4. The number of ether oxygens (including phenoxy) is 6. The van der Waals surface area contributed by atoms with Crippen LogP contribution in [-0.2, 0) is 34.9 Å². The van der Waals surface area contributed by atoms with Crippen molar-refractivity contribution >= 4 is 17.5 Å². The molecule has 7 aliphatic rings. The van der Waals surface area contributed by atoms with Gasteiger partial charge in [-0.3, -0.25) is 19.3 Å². The van der Waals surface area contributed by atoms with Crippen LogP contribution in [0, 0.1) is 5.92 Å². The molecule has 0 aromatic heterocycles. The molecule has 10 atom stereocenters. The summed E-state index contributed by atoms with van der Waals surface area (Å²) < 4.78 is 35.9. The highest BCUT2D eigenvalue weighted by Gasteiger charge is 2.61. The number of rotatable bonds is 6. The van der Waals surface area contributed by atoms with E-state index >= 15 is 0 Å². The lowest BCUT2D eigenvalue weighted by atomic mass is 9.72. The number of phenols is 2. The molecule has 0 bridgehead atoms. The van der Waals surface area contributed by atoms with Gasteiger partial charge in [0.25, 0.3) is 5.91 Å². The number of amides is 1. The fourth-order valence-corrected chi connectivity index (χ4v) is 9.38. The van der Waals surface area contributed by atoms with Crippen LogP contribution in [0.3, 0.4) is 0 Å². The number of carbonyl (C=O) groups excluding carboxylic acids is 3. The molecular formula is C36H41N3O12. The molecule has 2 aromatic rings. The Morgan fingerprint density at radius 1 is 1.08 bits per heavy atom. The van der Waals surface area contributed by atoms with Gasteiger partial charge in [0.15, 0.2) is 24.6 Å². The summed E-state index contributed by atoms with van der Waals surface area (Å²) in [6.07, 6.45) is -3.58. The molecular weight excluding hydrogens is 666 g/mol. The summed E-state index contributed by atoms with van der Waals surface area (Å²) in [5.41, 5.74) is -3.45. The Morgan fingerprint density at radius 2 is 1.88 bits per heavy atom. The number of benzene rings is 2. The summed E-state index contributed by atoms with van der Waals surface area (Å²) in [6, 6.07) is 4.39. The molecule has 1 amide bonds. The van der Waals surface area contributed by atoms with Crippen LogP contribution in [0.1, 0.15) is 75.3 Å². The summed E-state index contributed by atoms with van der Waals surface area (Å²) >= 11 is 0. The van der Waals surface area contributed by atoms with Gasteiger partial charge >= 0.3 is 0 Å². The third-order valence-electron chi connectivity index (χ3n) is 12.0. The second kappa shape index (κ2) is 11.7. The lowest BCUT2D eigenvalue weighted by Crippen LogP contribution is -2.57. The zero-order valence-electron chi connectivity index (χ0n) is 28.5. The van der Waals surface area contributed by atoms with Crippen molar-refractivity contribution in [2.24, 2.45) is 5.92 Å². The van der Waals surface area contributed by atoms with Gasteiger partial charge in [-0.2, -0.15) is 0 Å². The van der Waals surface area contributed by atoms with Crippen LogP contribution in [0.25, 0.3) is 0 Å². The fraction of sp³-hybridized carbons (Fsp3) is 0.583. The number of carbonyl (C=O) groups is 3. The number of aromatic hydroxyl groups is 2. The lowest BCUT2D eigenvalue weighted by Gasteiger charge is -2.43. The zero-order chi connectivity index (χ0) is 35.6. The van der Waals surface area contributed by atoms with E-state index < -0.39 is 88.7 Å². The van der Waals surface area contributed by atoms with E-state index in [1.165, 1.54) is 19.2 Å². The molecule has 0 radical (unpaired) electrons. The molecule has 9 rings (SSSR count). The van der Waals surface area contributed by atoms with Crippen molar-refractivity contribution in [3.8, 4) is 17.2 Å². The van der Waals surface area contributed by atoms with E-state index in [1.807, 2.05) is 6.92 Å². The van der Waals surface area contributed by atoms with E-state index in [9.17, 15) is 29.7 Å². The molecule has 272 valence electrons.